The first kappa shape index (κ1) is 13.6. The van der Waals surface area contributed by atoms with Crippen molar-refractivity contribution in [3.8, 4) is 16.9 Å². The van der Waals surface area contributed by atoms with Crippen molar-refractivity contribution < 1.29 is 4.39 Å². The summed E-state index contributed by atoms with van der Waals surface area (Å²) in [6.07, 6.45) is 1.74. The molecule has 21 heavy (non-hydrogen) atoms. The van der Waals surface area contributed by atoms with Crippen LogP contribution in [0.5, 0.6) is 0 Å². The molecule has 0 fully saturated rings. The molecule has 3 rings (SSSR count). The van der Waals surface area contributed by atoms with E-state index in [1.54, 1.807) is 12.3 Å². The van der Waals surface area contributed by atoms with Crippen molar-refractivity contribution >= 4 is 0 Å². The van der Waals surface area contributed by atoms with Crippen LogP contribution in [0.4, 0.5) is 4.39 Å². The molecule has 0 aliphatic carbocycles. The summed E-state index contributed by atoms with van der Waals surface area (Å²) in [7, 11) is 0. The molecular weight excluding hydrogens is 263 g/mol. The van der Waals surface area contributed by atoms with Crippen LogP contribution in [0.1, 0.15) is 17.0 Å². The van der Waals surface area contributed by atoms with Crippen LogP contribution < -0.4 is 0 Å². The third-order valence-corrected chi connectivity index (χ3v) is 3.71. The Morgan fingerprint density at radius 3 is 2.33 bits per heavy atom. The van der Waals surface area contributed by atoms with E-state index in [0.29, 0.717) is 5.56 Å². The van der Waals surface area contributed by atoms with Gasteiger partial charge < -0.3 is 0 Å². The van der Waals surface area contributed by atoms with E-state index in [-0.39, 0.29) is 5.82 Å². The largest absolute Gasteiger partial charge is 0.296 e. The lowest BCUT2D eigenvalue weighted by Crippen LogP contribution is -2.01. The Bertz CT molecular complexity index is 765. The normalized spacial score (nSPS) is 10.9. The number of benzene rings is 2. The van der Waals surface area contributed by atoms with Gasteiger partial charge in [0.2, 0.25) is 0 Å². The van der Waals surface area contributed by atoms with Crippen molar-refractivity contribution in [3.05, 3.63) is 71.4 Å². The first-order valence-electron chi connectivity index (χ1n) is 6.95. The molecule has 1 heterocycles. The molecule has 0 N–H and O–H groups in total. The molecule has 1 aromatic heterocycles. The van der Waals surface area contributed by atoms with Crippen LogP contribution in [0, 0.1) is 26.6 Å². The number of halogens is 1. The second kappa shape index (κ2) is 5.17. The molecule has 0 saturated heterocycles. The Hall–Kier alpha value is -2.42. The highest BCUT2D eigenvalue weighted by Gasteiger charge is 2.16. The van der Waals surface area contributed by atoms with Gasteiger partial charge in [0.25, 0.3) is 0 Å². The number of hydrogen-bond acceptors (Lipinski definition) is 1. The summed E-state index contributed by atoms with van der Waals surface area (Å²) in [4.78, 5) is 4.37. The first-order chi connectivity index (χ1) is 10.1. The molecular formula is C18H17FN2. The van der Waals surface area contributed by atoms with Crippen molar-refractivity contribution in [2.45, 2.75) is 20.8 Å². The predicted octanol–water partition coefficient (Wildman–Crippen LogP) is 4.60. The average Bonchev–Trinajstić information content (AvgIpc) is 2.82. The van der Waals surface area contributed by atoms with Crippen LogP contribution in [0.2, 0.25) is 0 Å². The zero-order valence-corrected chi connectivity index (χ0v) is 12.4. The van der Waals surface area contributed by atoms with Crippen LogP contribution in [0.25, 0.3) is 16.9 Å². The highest BCUT2D eigenvalue weighted by molar-refractivity contribution is 5.67. The molecule has 0 radical (unpaired) electrons. The van der Waals surface area contributed by atoms with Crippen molar-refractivity contribution in [2.24, 2.45) is 0 Å². The Balaban J connectivity index is 2.24. The summed E-state index contributed by atoms with van der Waals surface area (Å²) in [5.41, 5.74) is 4.49. The SMILES string of the molecule is Cc1ccc(-n2c(-c3c(C)cccc3F)cnc2C)cc1. The lowest BCUT2D eigenvalue weighted by atomic mass is 10.1. The Labute approximate surface area is 123 Å². The number of hydrogen-bond donors (Lipinski definition) is 0. The van der Waals surface area contributed by atoms with Crippen LogP contribution in [-0.4, -0.2) is 9.55 Å². The summed E-state index contributed by atoms with van der Waals surface area (Å²) in [5.74, 6) is 0.625. The lowest BCUT2D eigenvalue weighted by Gasteiger charge is -2.13. The molecule has 3 heteroatoms. The van der Waals surface area contributed by atoms with Gasteiger partial charge in [0.1, 0.15) is 11.6 Å². The van der Waals surface area contributed by atoms with Crippen molar-refractivity contribution in [3.63, 3.8) is 0 Å². The first-order valence-corrected chi connectivity index (χ1v) is 6.95. The Kier molecular flexibility index (Phi) is 3.34. The minimum Gasteiger partial charge on any atom is -0.296 e. The van der Waals surface area contributed by atoms with Crippen molar-refractivity contribution in [1.82, 2.24) is 9.55 Å². The fourth-order valence-corrected chi connectivity index (χ4v) is 2.60. The molecule has 2 aromatic carbocycles. The maximum absolute atomic E-state index is 14.3. The number of imidazole rings is 1. The van der Waals surface area contributed by atoms with Crippen LogP contribution in [0.3, 0.4) is 0 Å². The van der Waals surface area contributed by atoms with Gasteiger partial charge in [0.05, 0.1) is 11.9 Å². The molecule has 0 aliphatic rings. The summed E-state index contributed by atoms with van der Waals surface area (Å²) >= 11 is 0. The average molecular weight is 280 g/mol. The summed E-state index contributed by atoms with van der Waals surface area (Å²) in [5, 5.41) is 0. The fraction of sp³-hybridized carbons (Fsp3) is 0.167. The highest BCUT2D eigenvalue weighted by atomic mass is 19.1. The zero-order valence-electron chi connectivity index (χ0n) is 12.4. The predicted molar refractivity (Wildman–Crippen MR) is 83.2 cm³/mol. The monoisotopic (exact) mass is 280 g/mol. The van der Waals surface area contributed by atoms with Gasteiger partial charge >= 0.3 is 0 Å². The van der Waals surface area contributed by atoms with E-state index in [2.05, 4.69) is 4.98 Å². The zero-order chi connectivity index (χ0) is 15.0. The minimum absolute atomic E-state index is 0.219. The van der Waals surface area contributed by atoms with Gasteiger partial charge in [-0.2, -0.15) is 0 Å². The smallest absolute Gasteiger partial charge is 0.132 e. The van der Waals surface area contributed by atoms with E-state index in [4.69, 9.17) is 0 Å². The summed E-state index contributed by atoms with van der Waals surface area (Å²) in [6.45, 7) is 5.90. The molecule has 0 bridgehead atoms. The standard InChI is InChI=1S/C18H17FN2/c1-12-7-9-15(10-8-12)21-14(3)20-11-17(21)18-13(2)5-4-6-16(18)19/h4-11H,1-3H3. The van der Waals surface area contributed by atoms with Gasteiger partial charge in [-0.05, 0) is 44.5 Å². The number of aromatic nitrogens is 2. The van der Waals surface area contributed by atoms with E-state index in [1.165, 1.54) is 11.6 Å². The second-order valence-electron chi connectivity index (χ2n) is 5.29. The fourth-order valence-electron chi connectivity index (χ4n) is 2.60. The maximum atomic E-state index is 14.3. The van der Waals surface area contributed by atoms with E-state index >= 15 is 0 Å². The van der Waals surface area contributed by atoms with Crippen molar-refractivity contribution in [2.75, 3.05) is 0 Å². The Morgan fingerprint density at radius 2 is 1.67 bits per heavy atom. The van der Waals surface area contributed by atoms with Gasteiger partial charge in [0, 0.05) is 11.3 Å². The van der Waals surface area contributed by atoms with E-state index in [9.17, 15) is 4.39 Å². The van der Waals surface area contributed by atoms with E-state index in [0.717, 1.165) is 22.8 Å². The number of aryl methyl sites for hydroxylation is 3. The molecule has 0 unspecified atom stereocenters. The number of nitrogens with zero attached hydrogens (tertiary/aromatic N) is 2. The molecule has 106 valence electrons. The Morgan fingerprint density at radius 1 is 0.952 bits per heavy atom. The van der Waals surface area contributed by atoms with Crippen LogP contribution in [0.15, 0.2) is 48.7 Å². The van der Waals surface area contributed by atoms with E-state index in [1.807, 2.05) is 55.7 Å². The molecule has 0 aliphatic heterocycles. The van der Waals surface area contributed by atoms with Gasteiger partial charge in [0.15, 0.2) is 0 Å². The maximum Gasteiger partial charge on any atom is 0.132 e. The highest BCUT2D eigenvalue weighted by Crippen LogP contribution is 2.29. The number of rotatable bonds is 2. The van der Waals surface area contributed by atoms with Gasteiger partial charge in [-0.15, -0.1) is 0 Å². The van der Waals surface area contributed by atoms with Gasteiger partial charge in [-0.3, -0.25) is 4.57 Å². The third-order valence-electron chi connectivity index (χ3n) is 3.71. The third kappa shape index (κ3) is 2.35. The van der Waals surface area contributed by atoms with Crippen molar-refractivity contribution in [1.29, 1.82) is 0 Å². The van der Waals surface area contributed by atoms with Gasteiger partial charge in [-0.1, -0.05) is 29.8 Å². The molecule has 3 aromatic rings. The van der Waals surface area contributed by atoms with Crippen LogP contribution >= 0.6 is 0 Å². The molecule has 2 nitrogen and oxygen atoms in total. The lowest BCUT2D eigenvalue weighted by molar-refractivity contribution is 0.629. The topological polar surface area (TPSA) is 17.8 Å². The van der Waals surface area contributed by atoms with E-state index < -0.39 is 0 Å². The summed E-state index contributed by atoms with van der Waals surface area (Å²) in [6, 6.07) is 13.3. The molecule has 0 atom stereocenters. The van der Waals surface area contributed by atoms with Gasteiger partial charge in [-0.25, -0.2) is 9.37 Å². The van der Waals surface area contributed by atoms with Crippen LogP contribution in [-0.2, 0) is 0 Å². The minimum atomic E-state index is -0.219. The quantitative estimate of drug-likeness (QED) is 0.670. The molecule has 0 amide bonds. The summed E-state index contributed by atoms with van der Waals surface area (Å²) < 4.78 is 16.3. The molecule has 0 saturated carbocycles. The molecule has 0 spiro atoms. The second-order valence-corrected chi connectivity index (χ2v) is 5.29.